The van der Waals surface area contributed by atoms with Gasteiger partial charge in [-0.3, -0.25) is 0 Å². The molecule has 2 aromatic rings. The van der Waals surface area contributed by atoms with Crippen molar-refractivity contribution >= 4 is 11.8 Å². The van der Waals surface area contributed by atoms with Gasteiger partial charge in [0.2, 0.25) is 0 Å². The number of halogens is 1. The van der Waals surface area contributed by atoms with E-state index in [-0.39, 0.29) is 0 Å². The van der Waals surface area contributed by atoms with Crippen LogP contribution in [0.2, 0.25) is 0 Å². The summed E-state index contributed by atoms with van der Waals surface area (Å²) in [4.78, 5) is 3.93. The minimum atomic E-state index is -0.401. The van der Waals surface area contributed by atoms with Crippen LogP contribution in [0.4, 0.5) is 4.39 Å². The molecule has 0 saturated heterocycles. The van der Waals surface area contributed by atoms with Crippen LogP contribution in [0.3, 0.4) is 0 Å². The number of benzene rings is 1. The highest BCUT2D eigenvalue weighted by atomic mass is 32.2. The Morgan fingerprint density at radius 3 is 3.00 bits per heavy atom. The van der Waals surface area contributed by atoms with E-state index in [1.807, 2.05) is 6.07 Å². The SMILES string of the molecule is N#Cc1cc(F)cc(CSc2ncco2)c1. The lowest BCUT2D eigenvalue weighted by atomic mass is 10.1. The summed E-state index contributed by atoms with van der Waals surface area (Å²) in [5, 5.41) is 9.21. The zero-order valence-electron chi connectivity index (χ0n) is 8.18. The number of oxazole rings is 1. The minimum absolute atomic E-state index is 0.322. The fourth-order valence-corrected chi connectivity index (χ4v) is 1.94. The van der Waals surface area contributed by atoms with Crippen LogP contribution in [-0.4, -0.2) is 4.98 Å². The topological polar surface area (TPSA) is 49.8 Å². The Bertz CT molecular complexity index is 519. The third-order valence-corrected chi connectivity index (χ3v) is 2.78. The third kappa shape index (κ3) is 2.61. The number of hydrogen-bond acceptors (Lipinski definition) is 4. The van der Waals surface area contributed by atoms with Crippen LogP contribution in [0.5, 0.6) is 0 Å². The molecule has 0 radical (unpaired) electrons. The molecule has 0 fully saturated rings. The number of aromatic nitrogens is 1. The molecule has 0 N–H and O–H groups in total. The van der Waals surface area contributed by atoms with E-state index < -0.39 is 5.82 Å². The first-order chi connectivity index (χ1) is 7.78. The van der Waals surface area contributed by atoms with E-state index in [2.05, 4.69) is 4.98 Å². The Kier molecular flexibility index (Phi) is 3.22. The molecule has 5 heteroatoms. The van der Waals surface area contributed by atoms with Gasteiger partial charge in [-0.15, -0.1) is 0 Å². The molecule has 16 heavy (non-hydrogen) atoms. The molecule has 1 aromatic heterocycles. The van der Waals surface area contributed by atoms with Gasteiger partial charge in [0.05, 0.1) is 17.8 Å². The second-order valence-electron chi connectivity index (χ2n) is 3.05. The van der Waals surface area contributed by atoms with Gasteiger partial charge in [-0.2, -0.15) is 5.26 Å². The first-order valence-corrected chi connectivity index (χ1v) is 5.48. The summed E-state index contributed by atoms with van der Waals surface area (Å²) in [6.07, 6.45) is 3.03. The van der Waals surface area contributed by atoms with Crippen molar-refractivity contribution in [1.29, 1.82) is 5.26 Å². The fraction of sp³-hybridized carbons (Fsp3) is 0.0909. The molecule has 0 saturated carbocycles. The van der Waals surface area contributed by atoms with Crippen LogP contribution in [0.25, 0.3) is 0 Å². The van der Waals surface area contributed by atoms with Crippen molar-refractivity contribution in [1.82, 2.24) is 4.98 Å². The molecular formula is C11H7FN2OS. The second kappa shape index (κ2) is 4.81. The number of hydrogen-bond donors (Lipinski definition) is 0. The Morgan fingerprint density at radius 1 is 1.44 bits per heavy atom. The van der Waals surface area contributed by atoms with E-state index >= 15 is 0 Å². The predicted molar refractivity (Wildman–Crippen MR) is 57.2 cm³/mol. The highest BCUT2D eigenvalue weighted by Gasteiger charge is 2.03. The summed E-state index contributed by atoms with van der Waals surface area (Å²) < 4.78 is 18.1. The van der Waals surface area contributed by atoms with Gasteiger partial charge < -0.3 is 4.42 Å². The first kappa shape index (κ1) is 10.7. The highest BCUT2D eigenvalue weighted by Crippen LogP contribution is 2.21. The van der Waals surface area contributed by atoms with Crippen LogP contribution in [0, 0.1) is 17.1 Å². The lowest BCUT2D eigenvalue weighted by Crippen LogP contribution is -1.86. The maximum Gasteiger partial charge on any atom is 0.255 e. The summed E-state index contributed by atoms with van der Waals surface area (Å²) in [5.41, 5.74) is 1.06. The van der Waals surface area contributed by atoms with Gasteiger partial charge in [0.25, 0.3) is 5.22 Å². The maximum atomic E-state index is 13.1. The lowest BCUT2D eigenvalue weighted by Gasteiger charge is -1.99. The van der Waals surface area contributed by atoms with Crippen molar-refractivity contribution in [2.24, 2.45) is 0 Å². The van der Waals surface area contributed by atoms with Crippen molar-refractivity contribution in [3.8, 4) is 6.07 Å². The van der Waals surface area contributed by atoms with Crippen molar-refractivity contribution in [2.45, 2.75) is 11.0 Å². The maximum absolute atomic E-state index is 13.1. The summed E-state index contributed by atoms with van der Waals surface area (Å²) >= 11 is 1.35. The fourth-order valence-electron chi connectivity index (χ4n) is 1.22. The van der Waals surface area contributed by atoms with Gasteiger partial charge in [0.15, 0.2) is 0 Å². The summed E-state index contributed by atoms with van der Waals surface area (Å²) in [7, 11) is 0. The van der Waals surface area contributed by atoms with Gasteiger partial charge in [-0.1, -0.05) is 11.8 Å². The van der Waals surface area contributed by atoms with Crippen LogP contribution in [0.1, 0.15) is 11.1 Å². The van der Waals surface area contributed by atoms with Gasteiger partial charge >= 0.3 is 0 Å². The Balaban J connectivity index is 2.10. The first-order valence-electron chi connectivity index (χ1n) is 4.50. The Morgan fingerprint density at radius 2 is 2.31 bits per heavy atom. The standard InChI is InChI=1S/C11H7FN2OS/c12-10-4-8(6-13)3-9(5-10)7-16-11-14-1-2-15-11/h1-5H,7H2. The molecule has 2 rings (SSSR count). The lowest BCUT2D eigenvalue weighted by molar-refractivity contribution is 0.454. The summed E-state index contributed by atoms with van der Waals surface area (Å²) in [6, 6.07) is 6.17. The summed E-state index contributed by atoms with van der Waals surface area (Å²) in [5.74, 6) is 0.120. The third-order valence-electron chi connectivity index (χ3n) is 1.86. The molecule has 1 aromatic carbocycles. The van der Waals surface area contributed by atoms with Crippen LogP contribution in [0.15, 0.2) is 40.3 Å². The molecule has 0 aliphatic heterocycles. The van der Waals surface area contributed by atoms with E-state index in [0.717, 1.165) is 5.56 Å². The molecule has 1 heterocycles. The monoisotopic (exact) mass is 234 g/mol. The Hall–Kier alpha value is -1.80. The molecule has 0 bridgehead atoms. The quantitative estimate of drug-likeness (QED) is 0.766. The Labute approximate surface area is 95.9 Å². The average Bonchev–Trinajstić information content (AvgIpc) is 2.78. The van der Waals surface area contributed by atoms with Crippen molar-refractivity contribution in [3.63, 3.8) is 0 Å². The number of nitriles is 1. The van der Waals surface area contributed by atoms with E-state index in [0.29, 0.717) is 16.5 Å². The number of thioether (sulfide) groups is 1. The predicted octanol–water partition coefficient (Wildman–Crippen LogP) is 2.98. The molecule has 0 unspecified atom stereocenters. The average molecular weight is 234 g/mol. The van der Waals surface area contributed by atoms with Gasteiger partial charge in [0.1, 0.15) is 12.1 Å². The van der Waals surface area contributed by atoms with Crippen molar-refractivity contribution < 1.29 is 8.81 Å². The largest absolute Gasteiger partial charge is 0.440 e. The number of rotatable bonds is 3. The van der Waals surface area contributed by atoms with Gasteiger partial charge in [-0.05, 0) is 23.8 Å². The van der Waals surface area contributed by atoms with Gasteiger partial charge in [-0.25, -0.2) is 9.37 Å². The molecule has 0 amide bonds. The smallest absolute Gasteiger partial charge is 0.255 e. The molecule has 3 nitrogen and oxygen atoms in total. The van der Waals surface area contributed by atoms with E-state index in [1.54, 1.807) is 12.3 Å². The van der Waals surface area contributed by atoms with Crippen LogP contribution >= 0.6 is 11.8 Å². The van der Waals surface area contributed by atoms with Gasteiger partial charge in [0, 0.05) is 5.75 Å². The molecule has 0 atom stereocenters. The molecule has 80 valence electrons. The second-order valence-corrected chi connectivity index (χ2v) is 3.97. The highest BCUT2D eigenvalue weighted by molar-refractivity contribution is 7.98. The van der Waals surface area contributed by atoms with E-state index in [4.69, 9.17) is 9.68 Å². The zero-order valence-corrected chi connectivity index (χ0v) is 9.00. The van der Waals surface area contributed by atoms with E-state index in [9.17, 15) is 4.39 Å². The zero-order chi connectivity index (χ0) is 11.4. The van der Waals surface area contributed by atoms with E-state index in [1.165, 1.54) is 30.2 Å². The normalized spacial score (nSPS) is 10.0. The number of nitrogens with zero attached hydrogens (tertiary/aromatic N) is 2. The molecule has 0 spiro atoms. The van der Waals surface area contributed by atoms with Crippen molar-refractivity contribution in [3.05, 3.63) is 47.6 Å². The minimum Gasteiger partial charge on any atom is -0.440 e. The molecular weight excluding hydrogens is 227 g/mol. The van der Waals surface area contributed by atoms with Crippen LogP contribution in [-0.2, 0) is 5.75 Å². The molecule has 0 aliphatic rings. The van der Waals surface area contributed by atoms with Crippen molar-refractivity contribution in [2.75, 3.05) is 0 Å². The van der Waals surface area contributed by atoms with Crippen LogP contribution < -0.4 is 0 Å². The molecule has 0 aliphatic carbocycles. The summed E-state index contributed by atoms with van der Waals surface area (Å²) in [6.45, 7) is 0.